The summed E-state index contributed by atoms with van der Waals surface area (Å²) in [4.78, 5) is 18.7. The number of hydrogen-bond acceptors (Lipinski definition) is 3. The molecule has 1 amide bonds. The van der Waals surface area contributed by atoms with Crippen molar-refractivity contribution in [1.29, 1.82) is 5.26 Å². The summed E-state index contributed by atoms with van der Waals surface area (Å²) in [5.41, 5.74) is 3.14. The average molecular weight is 302 g/mol. The Labute approximate surface area is 133 Å². The van der Waals surface area contributed by atoms with Gasteiger partial charge in [-0.2, -0.15) is 5.26 Å². The fourth-order valence-corrected chi connectivity index (χ4v) is 2.97. The van der Waals surface area contributed by atoms with Gasteiger partial charge in [-0.15, -0.1) is 0 Å². The molecule has 112 valence electrons. The number of carbonyl (C=O) groups is 1. The number of rotatable bonds is 2. The first kappa shape index (κ1) is 13.5. The smallest absolute Gasteiger partial charge is 0.254 e. The molecule has 5 heteroatoms. The van der Waals surface area contributed by atoms with Crippen LogP contribution in [0.2, 0.25) is 0 Å². The van der Waals surface area contributed by atoms with Crippen molar-refractivity contribution in [1.82, 2.24) is 14.5 Å². The van der Waals surface area contributed by atoms with Crippen LogP contribution >= 0.6 is 0 Å². The van der Waals surface area contributed by atoms with Crippen molar-refractivity contribution in [2.24, 2.45) is 0 Å². The summed E-state index contributed by atoms with van der Waals surface area (Å²) in [6.45, 7) is 1.33. The number of nitriles is 1. The number of hydrogen-bond donors (Lipinski definition) is 0. The lowest BCUT2D eigenvalue weighted by atomic mass is 10.0. The van der Waals surface area contributed by atoms with E-state index in [1.807, 2.05) is 30.6 Å². The van der Waals surface area contributed by atoms with E-state index in [1.54, 1.807) is 29.2 Å². The highest BCUT2D eigenvalue weighted by Gasteiger charge is 2.33. The van der Waals surface area contributed by atoms with Crippen LogP contribution in [0, 0.1) is 11.3 Å². The summed E-state index contributed by atoms with van der Waals surface area (Å²) >= 11 is 0. The maximum Gasteiger partial charge on any atom is 0.254 e. The first-order chi connectivity index (χ1) is 11.3. The number of benzene rings is 2. The van der Waals surface area contributed by atoms with Crippen molar-refractivity contribution < 1.29 is 4.79 Å². The zero-order valence-corrected chi connectivity index (χ0v) is 12.4. The number of fused-ring (bicyclic) bond motifs is 1. The van der Waals surface area contributed by atoms with E-state index in [9.17, 15) is 4.79 Å². The van der Waals surface area contributed by atoms with Gasteiger partial charge in [0.25, 0.3) is 5.91 Å². The second-order valence-electron chi connectivity index (χ2n) is 5.70. The largest absolute Gasteiger partial charge is 0.334 e. The minimum absolute atomic E-state index is 0.0252. The molecule has 2 aromatic carbocycles. The predicted octanol–water partition coefficient (Wildman–Crippen LogP) is 2.61. The van der Waals surface area contributed by atoms with E-state index in [1.165, 1.54) is 0 Å². The number of carbonyl (C=O) groups excluding carboxylic acids is 1. The highest BCUT2D eigenvalue weighted by atomic mass is 16.2. The summed E-state index contributed by atoms with van der Waals surface area (Å²) < 4.78 is 2.13. The number of imidazole rings is 1. The Morgan fingerprint density at radius 1 is 1.17 bits per heavy atom. The second kappa shape index (κ2) is 5.25. The average Bonchev–Trinajstić information content (AvgIpc) is 2.97. The molecule has 0 atom stereocenters. The van der Waals surface area contributed by atoms with Crippen LogP contribution in [-0.2, 0) is 0 Å². The van der Waals surface area contributed by atoms with Gasteiger partial charge in [0.15, 0.2) is 0 Å². The van der Waals surface area contributed by atoms with Gasteiger partial charge in [0, 0.05) is 18.7 Å². The van der Waals surface area contributed by atoms with E-state index in [0.29, 0.717) is 24.2 Å². The van der Waals surface area contributed by atoms with Gasteiger partial charge in [0.05, 0.1) is 35.0 Å². The third-order valence-electron chi connectivity index (χ3n) is 4.26. The third kappa shape index (κ3) is 2.25. The summed E-state index contributed by atoms with van der Waals surface area (Å²) in [7, 11) is 0. The Balaban J connectivity index is 1.51. The van der Waals surface area contributed by atoms with Gasteiger partial charge >= 0.3 is 0 Å². The maximum atomic E-state index is 12.5. The molecular formula is C18H14N4O. The van der Waals surface area contributed by atoms with Crippen molar-refractivity contribution in [3.63, 3.8) is 0 Å². The molecule has 0 aliphatic carbocycles. The van der Waals surface area contributed by atoms with E-state index >= 15 is 0 Å². The lowest BCUT2D eigenvalue weighted by molar-refractivity contribution is 0.0526. The number of amides is 1. The molecule has 23 heavy (non-hydrogen) atoms. The SMILES string of the molecule is N#Cc1cccc(C(=O)N2CC(n3cnc4ccccc43)C2)c1. The van der Waals surface area contributed by atoms with E-state index in [-0.39, 0.29) is 11.9 Å². The molecule has 1 aliphatic rings. The number of para-hydroxylation sites is 2. The number of aromatic nitrogens is 2. The van der Waals surface area contributed by atoms with Gasteiger partial charge in [0.1, 0.15) is 0 Å². The lowest BCUT2D eigenvalue weighted by Crippen LogP contribution is -2.50. The molecule has 0 spiro atoms. The van der Waals surface area contributed by atoms with Gasteiger partial charge < -0.3 is 9.47 Å². The molecule has 1 aliphatic heterocycles. The quantitative estimate of drug-likeness (QED) is 0.731. The molecule has 2 heterocycles. The predicted molar refractivity (Wildman–Crippen MR) is 85.8 cm³/mol. The molecule has 5 nitrogen and oxygen atoms in total. The number of likely N-dealkylation sites (tertiary alicyclic amines) is 1. The zero-order chi connectivity index (χ0) is 15.8. The molecular weight excluding hydrogens is 288 g/mol. The molecule has 0 N–H and O–H groups in total. The normalized spacial score (nSPS) is 14.5. The highest BCUT2D eigenvalue weighted by molar-refractivity contribution is 5.95. The lowest BCUT2D eigenvalue weighted by Gasteiger charge is -2.40. The molecule has 0 unspecified atom stereocenters. The van der Waals surface area contributed by atoms with Gasteiger partial charge in [-0.05, 0) is 30.3 Å². The molecule has 0 radical (unpaired) electrons. The second-order valence-corrected chi connectivity index (χ2v) is 5.70. The molecule has 1 fully saturated rings. The minimum Gasteiger partial charge on any atom is -0.334 e. The zero-order valence-electron chi connectivity index (χ0n) is 12.4. The third-order valence-corrected chi connectivity index (χ3v) is 4.26. The monoisotopic (exact) mass is 302 g/mol. The van der Waals surface area contributed by atoms with Crippen LogP contribution in [0.15, 0.2) is 54.9 Å². The molecule has 0 bridgehead atoms. The Morgan fingerprint density at radius 3 is 2.83 bits per heavy atom. The van der Waals surface area contributed by atoms with Crippen LogP contribution in [0.25, 0.3) is 11.0 Å². The molecule has 0 saturated carbocycles. The Morgan fingerprint density at radius 2 is 2.00 bits per heavy atom. The Bertz CT molecular complexity index is 931. The van der Waals surface area contributed by atoms with Crippen LogP contribution in [0.3, 0.4) is 0 Å². The van der Waals surface area contributed by atoms with Crippen LogP contribution in [0.1, 0.15) is 22.0 Å². The summed E-state index contributed by atoms with van der Waals surface area (Å²) in [5.74, 6) is -0.0252. The summed E-state index contributed by atoms with van der Waals surface area (Å²) in [6.07, 6.45) is 1.84. The maximum absolute atomic E-state index is 12.5. The molecule has 1 saturated heterocycles. The van der Waals surface area contributed by atoms with Crippen LogP contribution < -0.4 is 0 Å². The number of nitrogens with zero attached hydrogens (tertiary/aromatic N) is 4. The fourth-order valence-electron chi connectivity index (χ4n) is 2.97. The molecule has 1 aromatic heterocycles. The van der Waals surface area contributed by atoms with Crippen molar-refractivity contribution in [3.8, 4) is 6.07 Å². The Kier molecular flexibility index (Phi) is 3.09. The van der Waals surface area contributed by atoms with Crippen molar-refractivity contribution in [2.45, 2.75) is 6.04 Å². The first-order valence-corrected chi connectivity index (χ1v) is 7.47. The molecule has 4 rings (SSSR count). The van der Waals surface area contributed by atoms with E-state index in [2.05, 4.69) is 15.6 Å². The van der Waals surface area contributed by atoms with E-state index in [4.69, 9.17) is 5.26 Å². The van der Waals surface area contributed by atoms with Gasteiger partial charge in [-0.1, -0.05) is 18.2 Å². The van der Waals surface area contributed by atoms with Gasteiger partial charge in [-0.3, -0.25) is 4.79 Å². The van der Waals surface area contributed by atoms with Crippen LogP contribution in [0.4, 0.5) is 0 Å². The topological polar surface area (TPSA) is 61.9 Å². The van der Waals surface area contributed by atoms with Crippen molar-refractivity contribution >= 4 is 16.9 Å². The van der Waals surface area contributed by atoms with E-state index < -0.39 is 0 Å². The Hall–Kier alpha value is -3.13. The minimum atomic E-state index is -0.0252. The van der Waals surface area contributed by atoms with Crippen molar-refractivity contribution in [2.75, 3.05) is 13.1 Å². The van der Waals surface area contributed by atoms with Gasteiger partial charge in [-0.25, -0.2) is 4.98 Å². The standard InChI is InChI=1S/C18H14N4O/c19-9-13-4-3-5-14(8-13)18(23)21-10-15(11-21)22-12-20-16-6-1-2-7-17(16)22/h1-8,12,15H,10-11H2. The highest BCUT2D eigenvalue weighted by Crippen LogP contribution is 2.27. The van der Waals surface area contributed by atoms with Crippen molar-refractivity contribution in [3.05, 3.63) is 66.0 Å². The van der Waals surface area contributed by atoms with E-state index in [0.717, 1.165) is 11.0 Å². The van der Waals surface area contributed by atoms with Crippen LogP contribution in [-0.4, -0.2) is 33.4 Å². The molecule has 3 aromatic rings. The van der Waals surface area contributed by atoms with Crippen LogP contribution in [0.5, 0.6) is 0 Å². The summed E-state index contributed by atoms with van der Waals surface area (Å²) in [6, 6.07) is 17.2. The summed E-state index contributed by atoms with van der Waals surface area (Å²) in [5, 5.41) is 8.94. The first-order valence-electron chi connectivity index (χ1n) is 7.47. The fraction of sp³-hybridized carbons (Fsp3) is 0.167. The van der Waals surface area contributed by atoms with Gasteiger partial charge in [0.2, 0.25) is 0 Å².